The molecule has 0 aliphatic carbocycles. The molecule has 3 heteroatoms. The molecule has 0 aromatic heterocycles. The van der Waals surface area contributed by atoms with E-state index in [0.29, 0.717) is 0 Å². The van der Waals surface area contributed by atoms with Gasteiger partial charge in [0.15, 0.2) is 0 Å². The lowest BCUT2D eigenvalue weighted by atomic mass is 9.93. The van der Waals surface area contributed by atoms with Crippen LogP contribution in [0.15, 0.2) is 40.9 Å². The molecule has 0 aliphatic rings. The Bertz CT molecular complexity index is 570. The average molecular weight is 319 g/mol. The highest BCUT2D eigenvalue weighted by atomic mass is 79.9. The molecule has 1 atom stereocenters. The summed E-state index contributed by atoms with van der Waals surface area (Å²) < 4.78 is 1.16. The van der Waals surface area contributed by atoms with E-state index in [1.807, 2.05) is 12.1 Å². The second-order valence-corrected chi connectivity index (χ2v) is 5.72. The summed E-state index contributed by atoms with van der Waals surface area (Å²) in [5.41, 5.74) is 9.03. The first-order valence-corrected chi connectivity index (χ1v) is 7.12. The first kappa shape index (κ1) is 14.3. The fourth-order valence-corrected chi connectivity index (χ4v) is 2.65. The van der Waals surface area contributed by atoms with Crippen LogP contribution in [0.3, 0.4) is 0 Å². The minimum absolute atomic E-state index is 0.0201. The highest BCUT2D eigenvalue weighted by molar-refractivity contribution is 9.10. The van der Waals surface area contributed by atoms with Crippen LogP contribution in [0.5, 0.6) is 0 Å². The Kier molecular flexibility index (Phi) is 4.40. The summed E-state index contributed by atoms with van der Waals surface area (Å²) in [4.78, 5) is 0. The Morgan fingerprint density at radius 3 is 2.11 bits per heavy atom. The average Bonchev–Trinajstić information content (AvgIpc) is 2.39. The maximum absolute atomic E-state index is 5.78. The van der Waals surface area contributed by atoms with Crippen molar-refractivity contribution in [1.29, 1.82) is 0 Å². The molecule has 3 N–H and O–H groups in total. The van der Waals surface area contributed by atoms with Gasteiger partial charge in [0.05, 0.1) is 6.04 Å². The number of rotatable bonds is 3. The van der Waals surface area contributed by atoms with E-state index in [0.717, 1.165) is 4.47 Å². The number of benzene rings is 2. The highest BCUT2D eigenvalue weighted by Gasteiger charge is 2.16. The molecule has 0 bridgehead atoms. The van der Waals surface area contributed by atoms with Crippen LogP contribution in [0.4, 0.5) is 0 Å². The van der Waals surface area contributed by atoms with Crippen LogP contribution < -0.4 is 11.3 Å². The lowest BCUT2D eigenvalue weighted by Crippen LogP contribution is -2.29. The zero-order valence-corrected chi connectivity index (χ0v) is 13.1. The molecule has 0 spiro atoms. The van der Waals surface area contributed by atoms with Gasteiger partial charge in [0.25, 0.3) is 0 Å². The quantitative estimate of drug-likeness (QED) is 0.664. The molecular formula is C16H19BrN2. The lowest BCUT2D eigenvalue weighted by molar-refractivity contribution is 0.633. The van der Waals surface area contributed by atoms with E-state index in [2.05, 4.69) is 66.4 Å². The van der Waals surface area contributed by atoms with E-state index >= 15 is 0 Å². The number of hydrogen-bond donors (Lipinski definition) is 2. The molecule has 2 aromatic rings. The lowest BCUT2D eigenvalue weighted by Gasteiger charge is -2.20. The minimum atomic E-state index is 0.0201. The summed E-state index contributed by atoms with van der Waals surface area (Å²) in [6.45, 7) is 6.32. The molecule has 0 heterocycles. The molecule has 2 nitrogen and oxygen atoms in total. The molecular weight excluding hydrogens is 300 g/mol. The van der Waals surface area contributed by atoms with Gasteiger partial charge in [0.1, 0.15) is 0 Å². The molecule has 0 amide bonds. The fourth-order valence-electron chi connectivity index (χ4n) is 2.42. The van der Waals surface area contributed by atoms with Gasteiger partial charge < -0.3 is 0 Å². The number of halogens is 1. The van der Waals surface area contributed by atoms with Crippen LogP contribution in [0.25, 0.3) is 0 Å². The van der Waals surface area contributed by atoms with Crippen molar-refractivity contribution in [3.05, 3.63) is 68.7 Å². The van der Waals surface area contributed by atoms with Crippen molar-refractivity contribution in [2.24, 2.45) is 5.84 Å². The van der Waals surface area contributed by atoms with Crippen molar-refractivity contribution >= 4 is 15.9 Å². The van der Waals surface area contributed by atoms with E-state index in [9.17, 15) is 0 Å². The molecule has 0 aliphatic heterocycles. The number of hydrazine groups is 1. The summed E-state index contributed by atoms with van der Waals surface area (Å²) in [5, 5.41) is 0. The van der Waals surface area contributed by atoms with Gasteiger partial charge >= 0.3 is 0 Å². The maximum atomic E-state index is 5.78. The first-order valence-electron chi connectivity index (χ1n) is 6.33. The van der Waals surface area contributed by atoms with E-state index in [4.69, 9.17) is 5.84 Å². The van der Waals surface area contributed by atoms with Gasteiger partial charge in [-0.3, -0.25) is 5.84 Å². The molecule has 2 rings (SSSR count). The predicted molar refractivity (Wildman–Crippen MR) is 84.0 cm³/mol. The number of hydrogen-bond acceptors (Lipinski definition) is 2. The van der Waals surface area contributed by atoms with Crippen LogP contribution in [-0.4, -0.2) is 0 Å². The molecule has 2 aromatic carbocycles. The third-order valence-electron chi connectivity index (χ3n) is 3.46. The second kappa shape index (κ2) is 5.87. The first-order chi connectivity index (χ1) is 9.04. The number of aryl methyl sites for hydroxylation is 3. The Hall–Kier alpha value is -1.16. The summed E-state index contributed by atoms with van der Waals surface area (Å²) >= 11 is 3.60. The Balaban J connectivity index is 2.52. The number of nitrogens with two attached hydrogens (primary N) is 1. The summed E-state index contributed by atoms with van der Waals surface area (Å²) in [5.74, 6) is 5.78. The van der Waals surface area contributed by atoms with Crippen molar-refractivity contribution in [3.63, 3.8) is 0 Å². The normalized spacial score (nSPS) is 12.5. The van der Waals surface area contributed by atoms with Gasteiger partial charge in [-0.1, -0.05) is 52.3 Å². The van der Waals surface area contributed by atoms with Gasteiger partial charge in [-0.25, -0.2) is 5.43 Å². The molecule has 0 radical (unpaired) electrons. The van der Waals surface area contributed by atoms with Gasteiger partial charge in [0, 0.05) is 4.47 Å². The van der Waals surface area contributed by atoms with Crippen molar-refractivity contribution in [1.82, 2.24) is 5.43 Å². The third-order valence-corrected chi connectivity index (χ3v) is 4.71. The zero-order valence-electron chi connectivity index (χ0n) is 11.5. The van der Waals surface area contributed by atoms with Crippen LogP contribution in [-0.2, 0) is 0 Å². The van der Waals surface area contributed by atoms with Crippen LogP contribution in [0.1, 0.15) is 33.9 Å². The third kappa shape index (κ3) is 2.89. The van der Waals surface area contributed by atoms with E-state index in [-0.39, 0.29) is 6.04 Å². The van der Waals surface area contributed by atoms with Crippen LogP contribution in [0, 0.1) is 20.8 Å². The van der Waals surface area contributed by atoms with E-state index in [1.165, 1.54) is 27.8 Å². The zero-order chi connectivity index (χ0) is 14.0. The van der Waals surface area contributed by atoms with Crippen molar-refractivity contribution in [3.8, 4) is 0 Å². The van der Waals surface area contributed by atoms with Gasteiger partial charge in [-0.2, -0.15) is 0 Å². The standard InChI is InChI=1S/C16H19BrN2/c1-10-6-4-5-7-14(10)16(19-18)13-8-11(2)15(17)12(3)9-13/h4-9,16,19H,18H2,1-3H3. The van der Waals surface area contributed by atoms with Crippen molar-refractivity contribution < 1.29 is 0 Å². The van der Waals surface area contributed by atoms with E-state index < -0.39 is 0 Å². The smallest absolute Gasteiger partial charge is 0.0712 e. The summed E-state index contributed by atoms with van der Waals surface area (Å²) in [6.07, 6.45) is 0. The van der Waals surface area contributed by atoms with Crippen LogP contribution in [0.2, 0.25) is 0 Å². The summed E-state index contributed by atoms with van der Waals surface area (Å²) in [7, 11) is 0. The molecule has 19 heavy (non-hydrogen) atoms. The predicted octanol–water partition coefficient (Wildman–Crippen LogP) is 3.93. The summed E-state index contributed by atoms with van der Waals surface area (Å²) in [6, 6.07) is 12.7. The van der Waals surface area contributed by atoms with Gasteiger partial charge in [-0.15, -0.1) is 0 Å². The van der Waals surface area contributed by atoms with Gasteiger partial charge in [0.2, 0.25) is 0 Å². The topological polar surface area (TPSA) is 38.0 Å². The molecule has 100 valence electrons. The molecule has 0 saturated carbocycles. The van der Waals surface area contributed by atoms with Crippen molar-refractivity contribution in [2.45, 2.75) is 26.8 Å². The highest BCUT2D eigenvalue weighted by Crippen LogP contribution is 2.29. The largest absolute Gasteiger partial charge is 0.271 e. The SMILES string of the molecule is Cc1ccccc1C(NN)c1cc(C)c(Br)c(C)c1. The Morgan fingerprint density at radius 1 is 1.00 bits per heavy atom. The van der Waals surface area contributed by atoms with E-state index in [1.54, 1.807) is 0 Å². The molecule has 0 saturated heterocycles. The minimum Gasteiger partial charge on any atom is -0.271 e. The Morgan fingerprint density at radius 2 is 1.58 bits per heavy atom. The number of nitrogens with one attached hydrogen (secondary N) is 1. The molecule has 1 unspecified atom stereocenters. The fraction of sp³-hybridized carbons (Fsp3) is 0.250. The van der Waals surface area contributed by atoms with Crippen molar-refractivity contribution in [2.75, 3.05) is 0 Å². The second-order valence-electron chi connectivity index (χ2n) is 4.92. The van der Waals surface area contributed by atoms with Crippen LogP contribution >= 0.6 is 15.9 Å². The Labute approximate surface area is 123 Å². The monoisotopic (exact) mass is 318 g/mol. The molecule has 0 fully saturated rings. The van der Waals surface area contributed by atoms with Gasteiger partial charge in [-0.05, 0) is 48.6 Å². The maximum Gasteiger partial charge on any atom is 0.0712 e.